The van der Waals surface area contributed by atoms with E-state index in [2.05, 4.69) is 33.2 Å². The third-order valence-corrected chi connectivity index (χ3v) is 6.74. The number of nitrogens with zero attached hydrogens (tertiary/aromatic N) is 7. The molecule has 1 saturated heterocycles. The van der Waals surface area contributed by atoms with Crippen LogP contribution in [0, 0.1) is 19.7 Å². The monoisotopic (exact) mass is 475 g/mol. The summed E-state index contributed by atoms with van der Waals surface area (Å²) >= 11 is 0. The summed E-state index contributed by atoms with van der Waals surface area (Å²) in [5, 5.41) is 10.1. The maximum absolute atomic E-state index is 13.4. The molecule has 0 radical (unpaired) electrons. The van der Waals surface area contributed by atoms with E-state index < -0.39 is 0 Å². The van der Waals surface area contributed by atoms with Crippen LogP contribution in [0.25, 0.3) is 22.2 Å². The minimum atomic E-state index is -0.275. The summed E-state index contributed by atoms with van der Waals surface area (Å²) in [5.41, 5.74) is 5.60. The number of carbonyl (C=O) groups excluding carboxylic acids is 1. The van der Waals surface area contributed by atoms with Crippen molar-refractivity contribution in [2.24, 2.45) is 0 Å². The molecule has 0 N–H and O–H groups in total. The zero-order valence-electron chi connectivity index (χ0n) is 20.4. The molecule has 0 aliphatic carbocycles. The number of rotatable bonds is 6. The van der Waals surface area contributed by atoms with Crippen LogP contribution >= 0.6 is 0 Å². The van der Waals surface area contributed by atoms with Crippen LogP contribution in [-0.4, -0.2) is 66.4 Å². The lowest BCUT2D eigenvalue weighted by Crippen LogP contribution is -2.49. The molecule has 1 aliphatic rings. The number of carbonyl (C=O) groups is 1. The first-order chi connectivity index (χ1) is 16.9. The number of halogens is 1. The van der Waals surface area contributed by atoms with Gasteiger partial charge in [0.25, 0.3) is 0 Å². The summed E-state index contributed by atoms with van der Waals surface area (Å²) in [4.78, 5) is 21.9. The Morgan fingerprint density at radius 1 is 1.00 bits per heavy atom. The van der Waals surface area contributed by atoms with Crippen LogP contribution in [0.2, 0.25) is 0 Å². The van der Waals surface area contributed by atoms with E-state index in [4.69, 9.17) is 0 Å². The molecule has 35 heavy (non-hydrogen) atoms. The molecule has 1 amide bonds. The fourth-order valence-corrected chi connectivity index (χ4v) is 4.76. The van der Waals surface area contributed by atoms with Crippen molar-refractivity contribution in [3.63, 3.8) is 0 Å². The van der Waals surface area contributed by atoms with Crippen molar-refractivity contribution in [3.8, 4) is 11.1 Å². The third-order valence-electron chi connectivity index (χ3n) is 6.74. The summed E-state index contributed by atoms with van der Waals surface area (Å²) in [5.74, 6) is -0.235. The number of pyridine rings is 1. The minimum absolute atomic E-state index is 0.0398. The van der Waals surface area contributed by atoms with Gasteiger partial charge in [-0.05, 0) is 50.1 Å². The number of amides is 1. The average Bonchev–Trinajstić information content (AvgIpc) is 3.38. The molecule has 3 aromatic heterocycles. The summed E-state index contributed by atoms with van der Waals surface area (Å²) in [6.45, 7) is 10.9. The largest absolute Gasteiger partial charge is 0.339 e. The molecular weight excluding hydrogens is 445 g/mol. The van der Waals surface area contributed by atoms with Gasteiger partial charge < -0.3 is 4.90 Å². The second-order valence-electron chi connectivity index (χ2n) is 9.06. The van der Waals surface area contributed by atoms with Crippen LogP contribution in [-0.2, 0) is 24.4 Å². The predicted octanol–water partition coefficient (Wildman–Crippen LogP) is 3.42. The highest BCUT2D eigenvalue weighted by atomic mass is 19.1. The number of aryl methyl sites for hydroxylation is 3. The average molecular weight is 476 g/mol. The summed E-state index contributed by atoms with van der Waals surface area (Å²) in [6, 6.07) is 8.30. The first kappa shape index (κ1) is 23.2. The normalized spacial score (nSPS) is 14.7. The number of piperazine rings is 1. The summed E-state index contributed by atoms with van der Waals surface area (Å²) < 4.78 is 17.1. The topological polar surface area (TPSA) is 72.1 Å². The predicted molar refractivity (Wildman–Crippen MR) is 132 cm³/mol. The van der Waals surface area contributed by atoms with Gasteiger partial charge in [-0.1, -0.05) is 12.1 Å². The molecule has 1 aromatic carbocycles. The molecule has 0 saturated carbocycles. The lowest BCUT2D eigenvalue weighted by Gasteiger charge is -2.34. The van der Waals surface area contributed by atoms with E-state index >= 15 is 0 Å². The molecular formula is C26H30FN7O. The van der Waals surface area contributed by atoms with Crippen molar-refractivity contribution < 1.29 is 9.18 Å². The molecule has 1 aliphatic heterocycles. The molecule has 0 spiro atoms. The van der Waals surface area contributed by atoms with Crippen molar-refractivity contribution in [2.75, 3.05) is 26.2 Å². The van der Waals surface area contributed by atoms with Crippen LogP contribution in [0.15, 0.2) is 42.7 Å². The summed E-state index contributed by atoms with van der Waals surface area (Å²) in [7, 11) is 0. The van der Waals surface area contributed by atoms with Gasteiger partial charge in [0.1, 0.15) is 12.4 Å². The van der Waals surface area contributed by atoms with E-state index in [1.807, 2.05) is 29.5 Å². The highest BCUT2D eigenvalue weighted by Gasteiger charge is 2.24. The quantitative estimate of drug-likeness (QED) is 0.427. The Morgan fingerprint density at radius 3 is 2.43 bits per heavy atom. The minimum Gasteiger partial charge on any atom is -0.339 e. The Balaban J connectivity index is 1.27. The van der Waals surface area contributed by atoms with Gasteiger partial charge in [0.15, 0.2) is 5.65 Å². The van der Waals surface area contributed by atoms with Crippen LogP contribution in [0.1, 0.15) is 23.9 Å². The first-order valence-electron chi connectivity index (χ1n) is 12.0. The molecule has 0 unspecified atom stereocenters. The maximum Gasteiger partial charge on any atom is 0.244 e. The number of benzene rings is 1. The van der Waals surface area contributed by atoms with Crippen LogP contribution in [0.4, 0.5) is 4.39 Å². The summed E-state index contributed by atoms with van der Waals surface area (Å²) in [6.07, 6.45) is 3.83. The molecule has 1 fully saturated rings. The second-order valence-corrected chi connectivity index (χ2v) is 9.06. The molecule has 0 atom stereocenters. The fourth-order valence-electron chi connectivity index (χ4n) is 4.76. The highest BCUT2D eigenvalue weighted by molar-refractivity contribution is 5.95. The molecule has 4 heterocycles. The van der Waals surface area contributed by atoms with Crippen LogP contribution in [0.5, 0.6) is 0 Å². The zero-order chi connectivity index (χ0) is 24.5. The lowest BCUT2D eigenvalue weighted by molar-refractivity contribution is -0.133. The van der Waals surface area contributed by atoms with Crippen molar-refractivity contribution in [2.45, 2.75) is 40.4 Å². The molecule has 182 valence electrons. The molecule has 5 rings (SSSR count). The zero-order valence-corrected chi connectivity index (χ0v) is 20.4. The maximum atomic E-state index is 13.4. The SMILES string of the molecule is CCn1cc(CN2CCN(C(=O)Cn3nc(C)c4c(-c5ccc(F)cc5)ccnc43)CC2)c(C)n1. The van der Waals surface area contributed by atoms with Gasteiger partial charge in [-0.2, -0.15) is 10.2 Å². The standard InChI is InChI=1S/C26H30FN7O/c1-4-33-16-21(18(2)29-33)15-31-11-13-32(14-12-31)24(35)17-34-26-25(19(3)30-34)23(9-10-28-26)20-5-7-22(27)8-6-20/h5-10,16H,4,11-15,17H2,1-3H3. The van der Waals surface area contributed by atoms with E-state index in [9.17, 15) is 9.18 Å². The Labute approximate surface area is 204 Å². The van der Waals surface area contributed by atoms with Gasteiger partial charge in [0, 0.05) is 62.6 Å². The van der Waals surface area contributed by atoms with Crippen molar-refractivity contribution in [1.29, 1.82) is 0 Å². The highest BCUT2D eigenvalue weighted by Crippen LogP contribution is 2.30. The number of hydrogen-bond acceptors (Lipinski definition) is 5. The van der Waals surface area contributed by atoms with Gasteiger partial charge >= 0.3 is 0 Å². The van der Waals surface area contributed by atoms with Crippen molar-refractivity contribution in [1.82, 2.24) is 34.3 Å². The van der Waals surface area contributed by atoms with Gasteiger partial charge in [-0.25, -0.2) is 14.1 Å². The van der Waals surface area contributed by atoms with E-state index in [0.29, 0.717) is 18.7 Å². The van der Waals surface area contributed by atoms with Crippen molar-refractivity contribution >= 4 is 16.9 Å². The van der Waals surface area contributed by atoms with E-state index in [1.165, 1.54) is 17.7 Å². The van der Waals surface area contributed by atoms with Gasteiger partial charge in [0.2, 0.25) is 5.91 Å². The molecule has 8 nitrogen and oxygen atoms in total. The van der Waals surface area contributed by atoms with Gasteiger partial charge in [0.05, 0.1) is 11.4 Å². The van der Waals surface area contributed by atoms with Gasteiger partial charge in [-0.3, -0.25) is 14.4 Å². The number of fused-ring (bicyclic) bond motifs is 1. The van der Waals surface area contributed by atoms with Crippen LogP contribution < -0.4 is 0 Å². The molecule has 0 bridgehead atoms. The van der Waals surface area contributed by atoms with Gasteiger partial charge in [-0.15, -0.1) is 0 Å². The first-order valence-corrected chi connectivity index (χ1v) is 12.0. The number of hydrogen-bond donors (Lipinski definition) is 0. The Hall–Kier alpha value is -3.59. The Bertz CT molecular complexity index is 1350. The molecule has 4 aromatic rings. The van der Waals surface area contributed by atoms with Crippen molar-refractivity contribution in [3.05, 3.63) is 65.5 Å². The Kier molecular flexibility index (Phi) is 6.34. The van der Waals surface area contributed by atoms with E-state index in [0.717, 1.165) is 54.1 Å². The lowest BCUT2D eigenvalue weighted by atomic mass is 10.0. The van der Waals surface area contributed by atoms with E-state index in [-0.39, 0.29) is 18.3 Å². The van der Waals surface area contributed by atoms with E-state index in [1.54, 1.807) is 23.0 Å². The second kappa shape index (κ2) is 9.58. The van der Waals surface area contributed by atoms with Crippen LogP contribution in [0.3, 0.4) is 0 Å². The molecule has 9 heteroatoms. The third kappa shape index (κ3) is 4.68. The Morgan fingerprint density at radius 2 is 1.74 bits per heavy atom. The smallest absolute Gasteiger partial charge is 0.244 e. The number of aromatic nitrogens is 5. The fraction of sp³-hybridized carbons (Fsp3) is 0.385.